The maximum Gasteiger partial charge on any atom is 0.335 e. The Hall–Kier alpha value is -2.25. The number of allylic oxidation sites excluding steroid dienone is 2. The highest BCUT2D eigenvalue weighted by atomic mass is 16.8. The van der Waals surface area contributed by atoms with Crippen LogP contribution in [0.2, 0.25) is 0 Å². The van der Waals surface area contributed by atoms with Crippen molar-refractivity contribution < 1.29 is 99.0 Å². The zero-order chi connectivity index (χ0) is 50.0. The number of fused-ring (bicyclic) bond motifs is 7. The topological polar surface area (TPSA) is 329 Å². The van der Waals surface area contributed by atoms with Crippen molar-refractivity contribution >= 4 is 17.7 Å². The zero-order valence-corrected chi connectivity index (χ0v) is 39.9. The van der Waals surface area contributed by atoms with Crippen LogP contribution in [0.25, 0.3) is 0 Å². The first-order chi connectivity index (χ1) is 31.7. The maximum absolute atomic E-state index is 13.8. The van der Waals surface area contributed by atoms with Gasteiger partial charge in [-0.25, -0.2) is 4.79 Å². The molecule has 68 heavy (non-hydrogen) atoms. The van der Waals surface area contributed by atoms with Crippen LogP contribution in [0, 0.1) is 50.2 Å². The Morgan fingerprint density at radius 2 is 1.34 bits per heavy atom. The lowest BCUT2D eigenvalue weighted by molar-refractivity contribution is -0.396. The molecule has 0 spiro atoms. The Morgan fingerprint density at radius 3 is 1.96 bits per heavy atom. The number of hydrogen-bond acceptors (Lipinski definition) is 18. The van der Waals surface area contributed by atoms with Crippen LogP contribution in [0.1, 0.15) is 106 Å². The van der Waals surface area contributed by atoms with Crippen LogP contribution in [-0.4, -0.2) is 185 Å². The lowest BCUT2D eigenvalue weighted by Crippen LogP contribution is -2.68. The third-order valence-corrected chi connectivity index (χ3v) is 19.6. The molecule has 20 heteroatoms. The molecule has 20 nitrogen and oxygen atoms in total. The molecule has 0 aromatic rings. The van der Waals surface area contributed by atoms with Gasteiger partial charge in [-0.1, -0.05) is 46.3 Å². The van der Waals surface area contributed by atoms with Gasteiger partial charge in [0.15, 0.2) is 25.0 Å². The second-order valence-corrected chi connectivity index (χ2v) is 23.1. The molecule has 10 unspecified atom stereocenters. The number of aliphatic hydroxyl groups excluding tert-OH is 9. The van der Waals surface area contributed by atoms with Gasteiger partial charge in [0.1, 0.15) is 66.8 Å². The summed E-state index contributed by atoms with van der Waals surface area (Å²) in [5.74, 6) is -2.88. The number of ether oxygens (including phenoxy) is 6. The van der Waals surface area contributed by atoms with Crippen molar-refractivity contribution in [2.24, 2.45) is 50.2 Å². The van der Waals surface area contributed by atoms with Gasteiger partial charge in [-0.3, -0.25) is 9.59 Å². The van der Waals surface area contributed by atoms with Gasteiger partial charge in [-0.2, -0.15) is 0 Å². The lowest BCUT2D eigenvalue weighted by atomic mass is 9.33. The summed E-state index contributed by atoms with van der Waals surface area (Å²) in [7, 11) is 0. The van der Waals surface area contributed by atoms with Crippen molar-refractivity contribution in [1.29, 1.82) is 0 Å². The predicted octanol–water partition coefficient (Wildman–Crippen LogP) is -0.0225. The van der Waals surface area contributed by atoms with E-state index in [0.717, 1.165) is 12.8 Å². The van der Waals surface area contributed by atoms with E-state index in [2.05, 4.69) is 26.8 Å². The second-order valence-electron chi connectivity index (χ2n) is 23.1. The molecule has 3 aliphatic heterocycles. The van der Waals surface area contributed by atoms with Gasteiger partial charge < -0.3 is 84.6 Å². The molecule has 25 atom stereocenters. The summed E-state index contributed by atoms with van der Waals surface area (Å²) < 4.78 is 36.1. The first kappa shape index (κ1) is 52.1. The smallest absolute Gasteiger partial charge is 0.335 e. The first-order valence-electron chi connectivity index (χ1n) is 24.3. The third-order valence-electron chi connectivity index (χ3n) is 19.6. The number of carbonyl (C=O) groups is 3. The average molecular weight is 971 g/mol. The van der Waals surface area contributed by atoms with Gasteiger partial charge in [0, 0.05) is 17.3 Å². The van der Waals surface area contributed by atoms with E-state index in [0.29, 0.717) is 38.5 Å². The number of Topliss-reactive ketones (excluding diaryl/α,β-unsaturated/α-hetero) is 1. The number of rotatable bonds is 10. The molecule has 4 saturated carbocycles. The number of carboxylic acid groups (broad SMARTS) is 2. The van der Waals surface area contributed by atoms with E-state index in [9.17, 15) is 70.6 Å². The van der Waals surface area contributed by atoms with Crippen molar-refractivity contribution in [3.63, 3.8) is 0 Å². The molecule has 0 aromatic heterocycles. The molecule has 0 radical (unpaired) electrons. The fourth-order valence-electron chi connectivity index (χ4n) is 14.9. The van der Waals surface area contributed by atoms with E-state index < -0.39 is 133 Å². The van der Waals surface area contributed by atoms with Crippen LogP contribution < -0.4 is 0 Å². The largest absolute Gasteiger partial charge is 0.481 e. The van der Waals surface area contributed by atoms with Gasteiger partial charge in [0.2, 0.25) is 0 Å². The van der Waals surface area contributed by atoms with Crippen molar-refractivity contribution in [2.75, 3.05) is 13.2 Å². The van der Waals surface area contributed by atoms with Crippen molar-refractivity contribution in [2.45, 2.75) is 204 Å². The van der Waals surface area contributed by atoms with Crippen LogP contribution in [0.4, 0.5) is 0 Å². The number of carbonyl (C=O) groups excluding carboxylic acids is 1. The van der Waals surface area contributed by atoms with Gasteiger partial charge >= 0.3 is 11.9 Å². The Labute approximate surface area is 395 Å². The fourth-order valence-corrected chi connectivity index (χ4v) is 14.9. The monoisotopic (exact) mass is 970 g/mol. The zero-order valence-electron chi connectivity index (χ0n) is 39.9. The van der Waals surface area contributed by atoms with Gasteiger partial charge in [0.05, 0.1) is 30.8 Å². The highest BCUT2D eigenvalue weighted by Crippen LogP contribution is 2.75. The van der Waals surface area contributed by atoms with E-state index in [4.69, 9.17) is 28.4 Å². The lowest BCUT2D eigenvalue weighted by Gasteiger charge is -2.71. The summed E-state index contributed by atoms with van der Waals surface area (Å²) in [4.78, 5) is 38.9. The molecule has 7 fully saturated rings. The SMILES string of the molecule is C[C@H]1O[C@@H](O[C@H]2[C@H](O[C@H]3[C@H](OC4CCC5(C)C(CCC6(C)C5CC=C5C7CC(C)(C(=O)O)CC(=O)C7(C)CCC56C)C4(C)CO)O[C@H](C(=O)O)[C@@H](O)[C@@H]3O)O[C@H](CO)[C@H](O)[C@@H]2O)[C@H](O)[C@H](O)[C@@H]1O. The summed E-state index contributed by atoms with van der Waals surface area (Å²) >= 11 is 0. The van der Waals surface area contributed by atoms with Crippen LogP contribution in [0.15, 0.2) is 11.6 Å². The standard InChI is InChI=1S/C48H74O20/c1-20-28(52)30(54)34(58)39(63-20)67-36-31(55)29(53)23(18-49)64-40(36)68-37-33(57)32(56)35(38(59)60)66-41(37)65-27-11-12-45(4)24(46(27,5)19-50)10-13-48(7)25(45)9-8-21-22-16-43(2,42(61)62)17-26(51)44(22,3)14-15-47(21,48)6/h8,20,22-25,27-37,39-41,49-50,52-58H,9-19H2,1-7H3,(H,59,60)(H,61,62)/t20-,22?,23-,24?,25?,27?,28-,29+,30-,31+,32+,33+,34-,35+,36-,37-,39+,40+,41-,43?,44?,45?,46?,47?,48?/m1/s1. The molecule has 386 valence electrons. The minimum absolute atomic E-state index is 0.00356. The van der Waals surface area contributed by atoms with Crippen molar-refractivity contribution in [3.05, 3.63) is 11.6 Å². The summed E-state index contributed by atoms with van der Waals surface area (Å²) in [5, 5.41) is 118. The highest BCUT2D eigenvalue weighted by molar-refractivity contribution is 5.92. The normalized spacial score (nSPS) is 54.9. The average Bonchev–Trinajstić information content (AvgIpc) is 3.28. The Morgan fingerprint density at radius 1 is 0.706 bits per heavy atom. The van der Waals surface area contributed by atoms with Crippen LogP contribution >= 0.6 is 0 Å². The second kappa shape index (κ2) is 18.0. The molecule has 8 aliphatic rings. The van der Waals surface area contributed by atoms with Crippen molar-refractivity contribution in [3.8, 4) is 0 Å². The predicted molar refractivity (Wildman–Crippen MR) is 232 cm³/mol. The minimum Gasteiger partial charge on any atom is -0.481 e. The Balaban J connectivity index is 1.08. The van der Waals surface area contributed by atoms with E-state index in [-0.39, 0.29) is 52.8 Å². The molecule has 3 saturated heterocycles. The van der Waals surface area contributed by atoms with Crippen molar-refractivity contribution in [1.82, 2.24) is 0 Å². The molecular weight excluding hydrogens is 897 g/mol. The first-order valence-corrected chi connectivity index (χ1v) is 24.3. The molecular formula is C48H74O20. The molecule has 3 heterocycles. The number of carboxylic acids is 2. The molecule has 11 N–H and O–H groups in total. The van der Waals surface area contributed by atoms with Crippen LogP contribution in [0.3, 0.4) is 0 Å². The van der Waals surface area contributed by atoms with E-state index in [1.54, 1.807) is 6.92 Å². The number of aliphatic carboxylic acids is 2. The summed E-state index contributed by atoms with van der Waals surface area (Å²) in [6.45, 7) is 12.6. The quantitative estimate of drug-likeness (QED) is 0.101. The molecule has 5 aliphatic carbocycles. The maximum atomic E-state index is 13.8. The Bertz CT molecular complexity index is 1970. The number of hydrogen-bond donors (Lipinski definition) is 11. The molecule has 0 bridgehead atoms. The molecule has 0 amide bonds. The van der Waals surface area contributed by atoms with E-state index in [1.807, 2.05) is 13.8 Å². The molecule has 0 aromatic carbocycles. The highest BCUT2D eigenvalue weighted by Gasteiger charge is 2.70. The van der Waals surface area contributed by atoms with Crippen LogP contribution in [0.5, 0.6) is 0 Å². The van der Waals surface area contributed by atoms with Gasteiger partial charge in [-0.15, -0.1) is 0 Å². The number of aliphatic hydroxyl groups is 9. The summed E-state index contributed by atoms with van der Waals surface area (Å²) in [6, 6.07) is 0. The van der Waals surface area contributed by atoms with Gasteiger partial charge in [-0.05, 0) is 99.2 Å². The van der Waals surface area contributed by atoms with Crippen LogP contribution in [-0.2, 0) is 42.8 Å². The number of ketones is 1. The third kappa shape index (κ3) is 7.77. The van der Waals surface area contributed by atoms with E-state index in [1.165, 1.54) is 12.5 Å². The molecule has 8 rings (SSSR count). The Kier molecular flexibility index (Phi) is 13.8. The summed E-state index contributed by atoms with van der Waals surface area (Å²) in [5.41, 5.74) is -2.66. The minimum atomic E-state index is -2.10. The van der Waals surface area contributed by atoms with Gasteiger partial charge in [0.25, 0.3) is 0 Å². The summed E-state index contributed by atoms with van der Waals surface area (Å²) in [6.07, 6.45) is -20.5. The van der Waals surface area contributed by atoms with E-state index >= 15 is 0 Å². The fraction of sp³-hybridized carbons (Fsp3) is 0.896.